The lowest BCUT2D eigenvalue weighted by Crippen LogP contribution is -2.24. The maximum atomic E-state index is 8.54. The van der Waals surface area contributed by atoms with Crippen LogP contribution in [0.4, 0.5) is 5.69 Å². The van der Waals surface area contributed by atoms with E-state index in [1.807, 2.05) is 6.92 Å². The quantitative estimate of drug-likeness (QED) is 0.323. The third kappa shape index (κ3) is 4.10. The predicted molar refractivity (Wildman–Crippen MR) is 75.7 cm³/mol. The number of halogens is 1. The number of rotatable bonds is 6. The Morgan fingerprint density at radius 1 is 1.42 bits per heavy atom. The van der Waals surface area contributed by atoms with Gasteiger partial charge in [0.05, 0.1) is 24.9 Å². The molecule has 0 aliphatic rings. The lowest BCUT2D eigenvalue weighted by molar-refractivity contribution is 0.316. The summed E-state index contributed by atoms with van der Waals surface area (Å²) in [6.45, 7) is 1.90. The maximum Gasteiger partial charge on any atom is 0.143 e. The highest BCUT2D eigenvalue weighted by Gasteiger charge is 2.13. The molecular weight excluding hydrogens is 270 g/mol. The van der Waals surface area contributed by atoms with Gasteiger partial charge >= 0.3 is 0 Å². The Hall–Kier alpha value is -1.82. The van der Waals surface area contributed by atoms with Crippen LogP contribution in [-0.2, 0) is 0 Å². The molecule has 1 rings (SSSR count). The molecule has 0 radical (unpaired) electrons. The molecule has 6 nitrogen and oxygen atoms in total. The second kappa shape index (κ2) is 6.94. The van der Waals surface area contributed by atoms with Crippen molar-refractivity contribution in [3.8, 4) is 11.5 Å². The fourth-order valence-electron chi connectivity index (χ4n) is 1.64. The number of amidine groups is 1. The molecule has 0 aromatic heterocycles. The summed E-state index contributed by atoms with van der Waals surface area (Å²) in [5.41, 5.74) is 6.19. The van der Waals surface area contributed by atoms with Crippen molar-refractivity contribution >= 4 is 23.1 Å². The van der Waals surface area contributed by atoms with Gasteiger partial charge in [-0.1, -0.05) is 16.8 Å². The second-order valence-electron chi connectivity index (χ2n) is 4.03. The fraction of sp³-hybridized carbons (Fsp3) is 0.417. The van der Waals surface area contributed by atoms with Crippen LogP contribution >= 0.6 is 11.6 Å². The molecule has 0 bridgehead atoms. The van der Waals surface area contributed by atoms with E-state index >= 15 is 0 Å². The van der Waals surface area contributed by atoms with Crippen LogP contribution in [0, 0.1) is 0 Å². The van der Waals surface area contributed by atoms with Crippen molar-refractivity contribution < 1.29 is 14.7 Å². The number of nitrogens with zero attached hydrogens (tertiary/aromatic N) is 1. The Kier molecular flexibility index (Phi) is 5.57. The van der Waals surface area contributed by atoms with Crippen molar-refractivity contribution in [2.45, 2.75) is 19.4 Å². The Morgan fingerprint density at radius 2 is 2.05 bits per heavy atom. The Bertz CT molecular complexity index is 466. The lowest BCUT2D eigenvalue weighted by atomic mass is 10.2. The summed E-state index contributed by atoms with van der Waals surface area (Å²) in [6, 6.07) is 3.36. The number of nitrogens with two attached hydrogens (primary N) is 1. The van der Waals surface area contributed by atoms with Gasteiger partial charge in [-0.2, -0.15) is 0 Å². The molecule has 7 heteroatoms. The van der Waals surface area contributed by atoms with Gasteiger partial charge in [-0.25, -0.2) is 0 Å². The minimum Gasteiger partial charge on any atom is -0.495 e. The average molecular weight is 288 g/mol. The van der Waals surface area contributed by atoms with E-state index in [1.165, 1.54) is 7.11 Å². The molecule has 1 atom stereocenters. The first-order chi connectivity index (χ1) is 9.01. The highest BCUT2D eigenvalue weighted by atomic mass is 35.5. The largest absolute Gasteiger partial charge is 0.495 e. The van der Waals surface area contributed by atoms with Crippen LogP contribution in [0.1, 0.15) is 13.3 Å². The van der Waals surface area contributed by atoms with Crippen LogP contribution in [0.15, 0.2) is 17.3 Å². The number of hydrogen-bond acceptors (Lipinski definition) is 5. The highest BCUT2D eigenvalue weighted by Crippen LogP contribution is 2.36. The first-order valence-electron chi connectivity index (χ1n) is 5.66. The molecule has 106 valence electrons. The van der Waals surface area contributed by atoms with Gasteiger partial charge in [0.2, 0.25) is 0 Å². The van der Waals surface area contributed by atoms with Crippen molar-refractivity contribution in [2.24, 2.45) is 10.9 Å². The van der Waals surface area contributed by atoms with E-state index < -0.39 is 0 Å². The van der Waals surface area contributed by atoms with Gasteiger partial charge in [-0.05, 0) is 6.92 Å². The zero-order chi connectivity index (χ0) is 14.4. The summed E-state index contributed by atoms with van der Waals surface area (Å²) in [5.74, 6) is 1.29. The molecule has 19 heavy (non-hydrogen) atoms. The first-order valence-corrected chi connectivity index (χ1v) is 6.04. The van der Waals surface area contributed by atoms with Crippen LogP contribution in [0.25, 0.3) is 0 Å². The topological polar surface area (TPSA) is 89.1 Å². The standard InChI is InChI=1S/C12H18ClN3O3/c1-7(4-12(14)16-17)15-9-6-10(18-2)8(13)5-11(9)19-3/h5-7,15,17H,4H2,1-3H3,(H2,14,16). The van der Waals surface area contributed by atoms with E-state index in [-0.39, 0.29) is 11.9 Å². The Labute approximate surface area is 117 Å². The van der Waals surface area contributed by atoms with E-state index in [1.54, 1.807) is 19.2 Å². The normalized spacial score (nSPS) is 12.9. The Morgan fingerprint density at radius 3 is 2.58 bits per heavy atom. The molecule has 1 aromatic carbocycles. The van der Waals surface area contributed by atoms with E-state index in [0.717, 1.165) is 5.69 Å². The molecule has 0 heterocycles. The summed E-state index contributed by atoms with van der Waals surface area (Å²) >= 11 is 6.02. The number of methoxy groups -OCH3 is 2. The van der Waals surface area contributed by atoms with E-state index in [4.69, 9.17) is 32.0 Å². The molecule has 1 unspecified atom stereocenters. The molecule has 0 aliphatic carbocycles. The molecule has 0 amide bonds. The van der Waals surface area contributed by atoms with Crippen LogP contribution < -0.4 is 20.5 Å². The van der Waals surface area contributed by atoms with Gasteiger partial charge in [-0.15, -0.1) is 0 Å². The van der Waals surface area contributed by atoms with Crippen LogP contribution in [0.3, 0.4) is 0 Å². The van der Waals surface area contributed by atoms with Gasteiger partial charge in [0.1, 0.15) is 17.3 Å². The SMILES string of the molecule is COc1cc(NC(C)CC(N)=NO)c(OC)cc1Cl. The van der Waals surface area contributed by atoms with Crippen molar-refractivity contribution in [3.05, 3.63) is 17.2 Å². The first kappa shape index (κ1) is 15.2. The summed E-state index contributed by atoms with van der Waals surface area (Å²) < 4.78 is 10.4. The van der Waals surface area contributed by atoms with E-state index in [0.29, 0.717) is 22.9 Å². The molecule has 4 N–H and O–H groups in total. The average Bonchev–Trinajstić information content (AvgIpc) is 2.39. The summed E-state index contributed by atoms with van der Waals surface area (Å²) in [5, 5.41) is 15.1. The zero-order valence-electron chi connectivity index (χ0n) is 11.1. The third-order valence-corrected chi connectivity index (χ3v) is 2.81. The molecular formula is C12H18ClN3O3. The molecule has 0 saturated carbocycles. The number of hydrogen-bond donors (Lipinski definition) is 3. The summed E-state index contributed by atoms with van der Waals surface area (Å²) in [4.78, 5) is 0. The zero-order valence-corrected chi connectivity index (χ0v) is 11.9. The maximum absolute atomic E-state index is 8.54. The third-order valence-electron chi connectivity index (χ3n) is 2.52. The minimum absolute atomic E-state index is 0.0457. The number of nitrogens with one attached hydrogen (secondary N) is 1. The second-order valence-corrected chi connectivity index (χ2v) is 4.44. The highest BCUT2D eigenvalue weighted by molar-refractivity contribution is 6.32. The van der Waals surface area contributed by atoms with Crippen LogP contribution in [0.2, 0.25) is 5.02 Å². The fourth-order valence-corrected chi connectivity index (χ4v) is 1.88. The van der Waals surface area contributed by atoms with Crippen LogP contribution in [-0.4, -0.2) is 31.3 Å². The predicted octanol–water partition coefficient (Wildman–Crippen LogP) is 2.29. The molecule has 0 spiro atoms. The lowest BCUT2D eigenvalue weighted by Gasteiger charge is -2.18. The van der Waals surface area contributed by atoms with Crippen molar-refractivity contribution in [1.82, 2.24) is 0 Å². The van der Waals surface area contributed by atoms with Crippen molar-refractivity contribution in [2.75, 3.05) is 19.5 Å². The number of oxime groups is 1. The van der Waals surface area contributed by atoms with Gasteiger partial charge in [0.25, 0.3) is 0 Å². The van der Waals surface area contributed by atoms with Crippen LogP contribution in [0.5, 0.6) is 11.5 Å². The van der Waals surface area contributed by atoms with Gasteiger partial charge in [0.15, 0.2) is 0 Å². The molecule has 0 aliphatic heterocycles. The number of anilines is 1. The van der Waals surface area contributed by atoms with Gasteiger partial charge in [0, 0.05) is 24.6 Å². The van der Waals surface area contributed by atoms with Crippen molar-refractivity contribution in [3.63, 3.8) is 0 Å². The molecule has 1 aromatic rings. The Balaban J connectivity index is 2.92. The minimum atomic E-state index is -0.0457. The molecule has 0 saturated heterocycles. The number of benzene rings is 1. The van der Waals surface area contributed by atoms with Gasteiger partial charge in [-0.3, -0.25) is 0 Å². The summed E-state index contributed by atoms with van der Waals surface area (Å²) in [7, 11) is 3.09. The summed E-state index contributed by atoms with van der Waals surface area (Å²) in [6.07, 6.45) is 0.393. The number of ether oxygens (including phenoxy) is 2. The van der Waals surface area contributed by atoms with E-state index in [9.17, 15) is 0 Å². The van der Waals surface area contributed by atoms with Gasteiger partial charge < -0.3 is 25.7 Å². The molecule has 0 fully saturated rings. The van der Waals surface area contributed by atoms with Crippen molar-refractivity contribution in [1.29, 1.82) is 0 Å². The smallest absolute Gasteiger partial charge is 0.143 e. The van der Waals surface area contributed by atoms with E-state index in [2.05, 4.69) is 10.5 Å². The monoisotopic (exact) mass is 287 g/mol.